The number of rotatable bonds is 2. The van der Waals surface area contributed by atoms with Crippen molar-refractivity contribution in [2.24, 2.45) is 0 Å². The van der Waals surface area contributed by atoms with E-state index in [1.165, 1.54) is 0 Å². The molecule has 9 heteroatoms. The van der Waals surface area contributed by atoms with Gasteiger partial charge in [-0.15, -0.1) is 0 Å². The largest absolute Gasteiger partial charge is 0.338 e. The van der Waals surface area contributed by atoms with Crippen molar-refractivity contribution in [3.63, 3.8) is 0 Å². The zero-order valence-corrected chi connectivity index (χ0v) is 13.0. The second-order valence-electron chi connectivity index (χ2n) is 5.52. The highest BCUT2D eigenvalue weighted by Gasteiger charge is 2.33. The van der Waals surface area contributed by atoms with Crippen LogP contribution in [-0.4, -0.2) is 75.8 Å². The molecule has 0 aromatic heterocycles. The Kier molecular flexibility index (Phi) is 4.41. The lowest BCUT2D eigenvalue weighted by Gasteiger charge is -2.34. The number of amides is 1. The Bertz CT molecular complexity index is 584. The van der Waals surface area contributed by atoms with Gasteiger partial charge in [-0.1, -0.05) is 0 Å². The van der Waals surface area contributed by atoms with Crippen molar-refractivity contribution in [1.29, 1.82) is 0 Å². The topological polar surface area (TPSA) is 101 Å². The summed E-state index contributed by atoms with van der Waals surface area (Å²) in [5.41, 5.74) is 0. The highest BCUT2D eigenvalue weighted by Crippen LogP contribution is 2.15. The quantitative estimate of drug-likeness (QED) is 0.657. The standard InChI is InChI=1S/C11H20N2O5S2/c1-9-7-20(17,18)5-3-13(9)11(14)6-10-8-19(15,16)4-2-12-10/h9-10,12H,2-8H2,1H3. The molecule has 0 bridgehead atoms. The lowest BCUT2D eigenvalue weighted by Crippen LogP contribution is -2.53. The minimum absolute atomic E-state index is 0.0144. The molecule has 1 N–H and O–H groups in total. The van der Waals surface area contributed by atoms with Crippen LogP contribution in [0.3, 0.4) is 0 Å². The maximum Gasteiger partial charge on any atom is 0.224 e. The highest BCUT2D eigenvalue weighted by molar-refractivity contribution is 7.91. The first kappa shape index (κ1) is 15.7. The summed E-state index contributed by atoms with van der Waals surface area (Å²) in [5, 5.41) is 3.03. The normalized spacial score (nSPS) is 32.8. The first-order valence-corrected chi connectivity index (χ1v) is 10.3. The van der Waals surface area contributed by atoms with Crippen LogP contribution in [0, 0.1) is 0 Å². The molecule has 7 nitrogen and oxygen atoms in total. The van der Waals surface area contributed by atoms with Crippen LogP contribution in [0.5, 0.6) is 0 Å². The molecule has 0 aliphatic carbocycles. The number of nitrogens with zero attached hydrogens (tertiary/aromatic N) is 1. The third kappa shape index (κ3) is 3.92. The lowest BCUT2D eigenvalue weighted by atomic mass is 10.2. The smallest absolute Gasteiger partial charge is 0.224 e. The van der Waals surface area contributed by atoms with Crippen LogP contribution in [-0.2, 0) is 24.5 Å². The second kappa shape index (κ2) is 5.61. The van der Waals surface area contributed by atoms with Crippen LogP contribution in [0.1, 0.15) is 13.3 Å². The van der Waals surface area contributed by atoms with Gasteiger partial charge in [0, 0.05) is 31.6 Å². The molecular weight excluding hydrogens is 304 g/mol. The summed E-state index contributed by atoms with van der Waals surface area (Å²) in [7, 11) is -6.12. The summed E-state index contributed by atoms with van der Waals surface area (Å²) in [5.74, 6) is -0.133. The van der Waals surface area contributed by atoms with Crippen molar-refractivity contribution in [3.05, 3.63) is 0 Å². The van der Waals surface area contributed by atoms with E-state index in [0.29, 0.717) is 6.54 Å². The molecule has 2 fully saturated rings. The Morgan fingerprint density at radius 2 is 1.80 bits per heavy atom. The van der Waals surface area contributed by atoms with Gasteiger partial charge in [-0.25, -0.2) is 16.8 Å². The van der Waals surface area contributed by atoms with Crippen LogP contribution < -0.4 is 5.32 Å². The molecule has 20 heavy (non-hydrogen) atoms. The maximum absolute atomic E-state index is 12.2. The monoisotopic (exact) mass is 324 g/mol. The first-order chi connectivity index (χ1) is 9.19. The van der Waals surface area contributed by atoms with Crippen LogP contribution in [0.15, 0.2) is 0 Å². The fourth-order valence-electron chi connectivity index (χ4n) is 2.70. The van der Waals surface area contributed by atoms with E-state index >= 15 is 0 Å². The number of hydrogen-bond donors (Lipinski definition) is 1. The molecule has 0 aromatic rings. The molecule has 0 saturated carbocycles. The van der Waals surface area contributed by atoms with Gasteiger partial charge in [0.25, 0.3) is 0 Å². The average molecular weight is 324 g/mol. The number of nitrogens with one attached hydrogen (secondary N) is 1. The van der Waals surface area contributed by atoms with Crippen LogP contribution in [0.25, 0.3) is 0 Å². The van der Waals surface area contributed by atoms with E-state index in [1.807, 2.05) is 0 Å². The average Bonchev–Trinajstić information content (AvgIpc) is 2.25. The van der Waals surface area contributed by atoms with E-state index in [0.717, 1.165) is 0 Å². The molecule has 116 valence electrons. The molecule has 2 heterocycles. The lowest BCUT2D eigenvalue weighted by molar-refractivity contribution is -0.133. The van der Waals surface area contributed by atoms with E-state index in [9.17, 15) is 21.6 Å². The van der Waals surface area contributed by atoms with Crippen molar-refractivity contribution in [2.75, 3.05) is 36.1 Å². The third-order valence-electron chi connectivity index (χ3n) is 3.71. The summed E-state index contributed by atoms with van der Waals surface area (Å²) in [4.78, 5) is 13.7. The predicted molar refractivity (Wildman–Crippen MR) is 74.9 cm³/mol. The van der Waals surface area contributed by atoms with Gasteiger partial charge in [0.05, 0.1) is 23.0 Å². The molecule has 2 aliphatic heterocycles. The zero-order valence-electron chi connectivity index (χ0n) is 11.4. The molecular formula is C11H20N2O5S2. The Labute approximate surface area is 119 Å². The molecule has 0 radical (unpaired) electrons. The molecule has 2 atom stereocenters. The van der Waals surface area contributed by atoms with E-state index in [1.54, 1.807) is 11.8 Å². The minimum atomic E-state index is -3.07. The van der Waals surface area contributed by atoms with Gasteiger partial charge in [0.2, 0.25) is 5.91 Å². The third-order valence-corrected chi connectivity index (χ3v) is 7.24. The van der Waals surface area contributed by atoms with Gasteiger partial charge in [0.15, 0.2) is 19.7 Å². The Hall–Kier alpha value is -0.670. The molecule has 2 rings (SSSR count). The predicted octanol–water partition coefficient (Wildman–Crippen LogP) is -1.59. The first-order valence-electron chi connectivity index (χ1n) is 6.62. The van der Waals surface area contributed by atoms with Gasteiger partial charge in [-0.05, 0) is 6.92 Å². The fourth-order valence-corrected chi connectivity index (χ4v) is 5.70. The van der Waals surface area contributed by atoms with Gasteiger partial charge in [-0.2, -0.15) is 0 Å². The number of carbonyl (C=O) groups is 1. The number of sulfone groups is 2. The summed E-state index contributed by atoms with van der Waals surface area (Å²) in [6.07, 6.45) is 0.101. The van der Waals surface area contributed by atoms with Crippen molar-refractivity contribution in [3.8, 4) is 0 Å². The number of hydrogen-bond acceptors (Lipinski definition) is 6. The van der Waals surface area contributed by atoms with Gasteiger partial charge in [-0.3, -0.25) is 4.79 Å². The molecule has 2 saturated heterocycles. The fraction of sp³-hybridized carbons (Fsp3) is 0.909. The van der Waals surface area contributed by atoms with Gasteiger partial charge in [0.1, 0.15) is 0 Å². The van der Waals surface area contributed by atoms with Crippen LogP contribution >= 0.6 is 0 Å². The highest BCUT2D eigenvalue weighted by atomic mass is 32.2. The van der Waals surface area contributed by atoms with Gasteiger partial charge >= 0.3 is 0 Å². The maximum atomic E-state index is 12.2. The van der Waals surface area contributed by atoms with Crippen molar-refractivity contribution < 1.29 is 21.6 Å². The minimum Gasteiger partial charge on any atom is -0.338 e. The van der Waals surface area contributed by atoms with E-state index < -0.39 is 19.7 Å². The number of carbonyl (C=O) groups excluding carboxylic acids is 1. The van der Waals surface area contributed by atoms with E-state index in [4.69, 9.17) is 0 Å². The van der Waals surface area contributed by atoms with Crippen molar-refractivity contribution in [2.45, 2.75) is 25.4 Å². The van der Waals surface area contributed by atoms with Crippen molar-refractivity contribution in [1.82, 2.24) is 10.2 Å². The van der Waals surface area contributed by atoms with Crippen molar-refractivity contribution >= 4 is 25.6 Å². The molecule has 0 aromatic carbocycles. The zero-order chi connectivity index (χ0) is 15.0. The summed E-state index contributed by atoms with van der Waals surface area (Å²) in [6.45, 7) is 2.27. The van der Waals surface area contributed by atoms with Gasteiger partial charge < -0.3 is 10.2 Å². The van der Waals surface area contributed by atoms with E-state index in [-0.39, 0.29) is 54.0 Å². The Balaban J connectivity index is 1.95. The van der Waals surface area contributed by atoms with Crippen LogP contribution in [0.4, 0.5) is 0 Å². The Morgan fingerprint density at radius 3 is 2.40 bits per heavy atom. The van der Waals surface area contributed by atoms with Crippen LogP contribution in [0.2, 0.25) is 0 Å². The molecule has 2 aliphatic rings. The molecule has 1 amide bonds. The molecule has 0 spiro atoms. The van der Waals surface area contributed by atoms with E-state index in [2.05, 4.69) is 5.32 Å². The summed E-state index contributed by atoms with van der Waals surface area (Å²) >= 11 is 0. The SMILES string of the molecule is CC1CS(=O)(=O)CCN1C(=O)CC1CS(=O)(=O)CCN1. The molecule has 2 unspecified atom stereocenters. The Morgan fingerprint density at radius 1 is 1.15 bits per heavy atom. The summed E-state index contributed by atoms with van der Waals surface area (Å²) in [6, 6.07) is -0.714. The summed E-state index contributed by atoms with van der Waals surface area (Å²) < 4.78 is 46.0. The second-order valence-corrected chi connectivity index (χ2v) is 9.98.